The molecule has 0 unspecified atom stereocenters. The van der Waals surface area contributed by atoms with Gasteiger partial charge in [0.1, 0.15) is 5.82 Å². The predicted octanol–water partition coefficient (Wildman–Crippen LogP) is 2.22. The Bertz CT molecular complexity index is 313. The number of hydrogen-bond donors (Lipinski definition) is 2. The molecule has 1 aromatic carbocycles. The molecule has 0 aliphatic rings. The maximum atomic E-state index is 13.2. The zero-order valence-corrected chi connectivity index (χ0v) is 10.1. The van der Waals surface area contributed by atoms with Gasteiger partial charge in [-0.25, -0.2) is 4.39 Å². The average molecular weight is 224 g/mol. The van der Waals surface area contributed by atoms with Gasteiger partial charge < -0.3 is 10.6 Å². The first-order valence-electron chi connectivity index (χ1n) is 5.90. The minimum atomic E-state index is -0.122. The lowest BCUT2D eigenvalue weighted by Gasteiger charge is -2.06. The number of nitrogens with one attached hydrogen (secondary N) is 2. The number of hydrogen-bond acceptors (Lipinski definition) is 2. The second kappa shape index (κ2) is 7.36. The van der Waals surface area contributed by atoms with Crippen molar-refractivity contribution in [3.05, 3.63) is 35.1 Å². The van der Waals surface area contributed by atoms with Crippen LogP contribution in [0.15, 0.2) is 18.2 Å². The summed E-state index contributed by atoms with van der Waals surface area (Å²) >= 11 is 0. The van der Waals surface area contributed by atoms with Crippen LogP contribution < -0.4 is 10.6 Å². The van der Waals surface area contributed by atoms with Crippen molar-refractivity contribution in [3.63, 3.8) is 0 Å². The molecule has 90 valence electrons. The van der Waals surface area contributed by atoms with Gasteiger partial charge in [0.05, 0.1) is 0 Å². The van der Waals surface area contributed by atoms with E-state index < -0.39 is 0 Å². The van der Waals surface area contributed by atoms with E-state index >= 15 is 0 Å². The Morgan fingerprint density at radius 3 is 2.56 bits per heavy atom. The van der Waals surface area contributed by atoms with Crippen LogP contribution in [0.4, 0.5) is 4.39 Å². The van der Waals surface area contributed by atoms with Crippen molar-refractivity contribution >= 4 is 0 Å². The fraction of sp³-hybridized carbons (Fsp3) is 0.538. The molecule has 0 heterocycles. The van der Waals surface area contributed by atoms with Crippen LogP contribution in [0.5, 0.6) is 0 Å². The maximum absolute atomic E-state index is 13.2. The van der Waals surface area contributed by atoms with Crippen LogP contribution in [0.3, 0.4) is 0 Å². The van der Waals surface area contributed by atoms with Crippen LogP contribution >= 0.6 is 0 Å². The molecule has 0 amide bonds. The van der Waals surface area contributed by atoms with Gasteiger partial charge in [0.2, 0.25) is 0 Å². The summed E-state index contributed by atoms with van der Waals surface area (Å²) in [6.45, 7) is 7.58. The van der Waals surface area contributed by atoms with Gasteiger partial charge in [-0.1, -0.05) is 19.1 Å². The highest BCUT2D eigenvalue weighted by Gasteiger charge is 1.98. The predicted molar refractivity (Wildman–Crippen MR) is 66.0 cm³/mol. The third kappa shape index (κ3) is 4.73. The van der Waals surface area contributed by atoms with Crippen LogP contribution in [0.1, 0.15) is 24.5 Å². The molecule has 16 heavy (non-hydrogen) atoms. The van der Waals surface area contributed by atoms with Crippen LogP contribution in [0.25, 0.3) is 0 Å². The monoisotopic (exact) mass is 224 g/mol. The molecule has 0 aromatic heterocycles. The summed E-state index contributed by atoms with van der Waals surface area (Å²) < 4.78 is 13.2. The van der Waals surface area contributed by atoms with Crippen LogP contribution in [0.2, 0.25) is 0 Å². The van der Waals surface area contributed by atoms with Crippen LogP contribution in [-0.2, 0) is 6.54 Å². The van der Waals surface area contributed by atoms with E-state index in [1.165, 1.54) is 0 Å². The topological polar surface area (TPSA) is 24.1 Å². The van der Waals surface area contributed by atoms with Crippen LogP contribution in [-0.4, -0.2) is 19.6 Å². The molecular formula is C13H21FN2. The summed E-state index contributed by atoms with van der Waals surface area (Å²) in [5, 5.41) is 6.58. The first-order valence-corrected chi connectivity index (χ1v) is 5.90. The van der Waals surface area contributed by atoms with Gasteiger partial charge in [-0.2, -0.15) is 0 Å². The van der Waals surface area contributed by atoms with Crippen molar-refractivity contribution in [2.75, 3.05) is 19.6 Å². The fourth-order valence-corrected chi connectivity index (χ4v) is 1.46. The van der Waals surface area contributed by atoms with Crippen molar-refractivity contribution < 1.29 is 4.39 Å². The Hall–Kier alpha value is -0.930. The first kappa shape index (κ1) is 13.1. The lowest BCUT2D eigenvalue weighted by atomic mass is 10.1. The summed E-state index contributed by atoms with van der Waals surface area (Å²) in [4.78, 5) is 0. The lowest BCUT2D eigenvalue weighted by Crippen LogP contribution is -2.27. The largest absolute Gasteiger partial charge is 0.315 e. The van der Waals surface area contributed by atoms with E-state index in [0.29, 0.717) is 5.56 Å². The van der Waals surface area contributed by atoms with Gasteiger partial charge in [0.15, 0.2) is 0 Å². The van der Waals surface area contributed by atoms with Crippen LogP contribution in [0, 0.1) is 12.7 Å². The molecule has 0 saturated carbocycles. The first-order chi connectivity index (χ1) is 7.74. The molecule has 3 heteroatoms. The summed E-state index contributed by atoms with van der Waals surface area (Å²) in [6, 6.07) is 5.38. The quantitative estimate of drug-likeness (QED) is 0.694. The molecule has 0 radical (unpaired) electrons. The van der Waals surface area contributed by atoms with E-state index in [1.54, 1.807) is 13.0 Å². The highest BCUT2D eigenvalue weighted by Crippen LogP contribution is 2.08. The van der Waals surface area contributed by atoms with E-state index in [2.05, 4.69) is 17.6 Å². The van der Waals surface area contributed by atoms with Crippen molar-refractivity contribution in [3.8, 4) is 0 Å². The molecule has 0 aliphatic heterocycles. The summed E-state index contributed by atoms with van der Waals surface area (Å²) in [6.07, 6.45) is 1.16. The standard InChI is InChI=1S/C13H21FN2/c1-3-6-15-7-8-16-10-12-5-4-11(2)13(14)9-12/h4-5,9,15-16H,3,6-8,10H2,1-2H3. The zero-order chi connectivity index (χ0) is 11.8. The molecule has 0 saturated heterocycles. The minimum absolute atomic E-state index is 0.122. The smallest absolute Gasteiger partial charge is 0.126 e. The van der Waals surface area contributed by atoms with Gasteiger partial charge in [0.25, 0.3) is 0 Å². The van der Waals surface area contributed by atoms with Crippen molar-refractivity contribution in [1.29, 1.82) is 0 Å². The molecule has 0 atom stereocenters. The number of benzene rings is 1. The highest BCUT2D eigenvalue weighted by molar-refractivity contribution is 5.23. The van der Waals surface area contributed by atoms with Crippen molar-refractivity contribution in [2.24, 2.45) is 0 Å². The van der Waals surface area contributed by atoms with Crippen molar-refractivity contribution in [2.45, 2.75) is 26.8 Å². The van der Waals surface area contributed by atoms with Gasteiger partial charge in [0, 0.05) is 19.6 Å². The third-order valence-electron chi connectivity index (χ3n) is 2.47. The molecule has 2 nitrogen and oxygen atoms in total. The van der Waals surface area contributed by atoms with E-state index in [4.69, 9.17) is 0 Å². The fourth-order valence-electron chi connectivity index (χ4n) is 1.46. The molecule has 2 N–H and O–H groups in total. The Kier molecular flexibility index (Phi) is 6.04. The Balaban J connectivity index is 2.19. The second-order valence-corrected chi connectivity index (χ2v) is 4.01. The highest BCUT2D eigenvalue weighted by atomic mass is 19.1. The van der Waals surface area contributed by atoms with E-state index in [9.17, 15) is 4.39 Å². The van der Waals surface area contributed by atoms with E-state index in [-0.39, 0.29) is 5.82 Å². The molecule has 1 rings (SSSR count). The molecule has 0 fully saturated rings. The zero-order valence-electron chi connectivity index (χ0n) is 10.1. The van der Waals surface area contributed by atoms with Crippen molar-refractivity contribution in [1.82, 2.24) is 10.6 Å². The average Bonchev–Trinajstić information content (AvgIpc) is 2.28. The van der Waals surface area contributed by atoms with E-state index in [1.807, 2.05) is 12.1 Å². The molecular weight excluding hydrogens is 203 g/mol. The van der Waals surface area contributed by atoms with E-state index in [0.717, 1.165) is 38.2 Å². The normalized spacial score (nSPS) is 10.7. The molecule has 0 aliphatic carbocycles. The number of rotatable bonds is 7. The summed E-state index contributed by atoms with van der Waals surface area (Å²) in [7, 11) is 0. The minimum Gasteiger partial charge on any atom is -0.315 e. The Labute approximate surface area is 97.3 Å². The van der Waals surface area contributed by atoms with Gasteiger partial charge in [-0.15, -0.1) is 0 Å². The number of halogens is 1. The second-order valence-electron chi connectivity index (χ2n) is 4.01. The van der Waals surface area contributed by atoms with Gasteiger partial charge in [-0.3, -0.25) is 0 Å². The Morgan fingerprint density at radius 1 is 1.12 bits per heavy atom. The van der Waals surface area contributed by atoms with Gasteiger partial charge in [-0.05, 0) is 37.1 Å². The van der Waals surface area contributed by atoms with Gasteiger partial charge >= 0.3 is 0 Å². The molecule has 0 bridgehead atoms. The molecule has 1 aromatic rings. The number of aryl methyl sites for hydroxylation is 1. The maximum Gasteiger partial charge on any atom is 0.126 e. The SMILES string of the molecule is CCCNCCNCc1ccc(C)c(F)c1. The molecule has 0 spiro atoms. The Morgan fingerprint density at radius 2 is 1.88 bits per heavy atom. The third-order valence-corrected chi connectivity index (χ3v) is 2.47. The summed E-state index contributed by atoms with van der Waals surface area (Å²) in [5.41, 5.74) is 1.70. The summed E-state index contributed by atoms with van der Waals surface area (Å²) in [5.74, 6) is -0.122. The lowest BCUT2D eigenvalue weighted by molar-refractivity contribution is 0.596.